The van der Waals surface area contributed by atoms with E-state index >= 15 is 0 Å². The molecule has 1 atom stereocenters. The second-order valence-corrected chi connectivity index (χ2v) is 7.76. The Bertz CT molecular complexity index is 844. The number of para-hydroxylation sites is 1. The Hall–Kier alpha value is -2.66. The van der Waals surface area contributed by atoms with Gasteiger partial charge in [0, 0.05) is 17.8 Å². The molecule has 0 aromatic heterocycles. The zero-order valence-electron chi connectivity index (χ0n) is 16.4. The summed E-state index contributed by atoms with van der Waals surface area (Å²) in [7, 11) is 0. The molecule has 0 saturated carbocycles. The number of aryl methyl sites for hydroxylation is 1. The van der Waals surface area contributed by atoms with Gasteiger partial charge in [0.15, 0.2) is 6.04 Å². The van der Waals surface area contributed by atoms with Crippen LogP contribution in [0.2, 0.25) is 0 Å². The second-order valence-electron chi connectivity index (χ2n) is 7.76. The Balaban J connectivity index is 1.39. The van der Waals surface area contributed by atoms with Gasteiger partial charge in [-0.25, -0.2) is 0 Å². The molecular formula is C23H28N3O2+. The number of nitrogens with zero attached hydrogens (tertiary/aromatic N) is 2. The van der Waals surface area contributed by atoms with Crippen molar-refractivity contribution >= 4 is 17.5 Å². The fraction of sp³-hybridized carbons (Fsp3) is 0.391. The van der Waals surface area contributed by atoms with E-state index in [0.717, 1.165) is 43.7 Å². The van der Waals surface area contributed by atoms with Crippen LogP contribution in [0.25, 0.3) is 0 Å². The summed E-state index contributed by atoms with van der Waals surface area (Å²) in [6.07, 6.45) is 2.06. The predicted molar refractivity (Wildman–Crippen MR) is 110 cm³/mol. The summed E-state index contributed by atoms with van der Waals surface area (Å²) in [5.41, 5.74) is 3.07. The van der Waals surface area contributed by atoms with Gasteiger partial charge in [0.1, 0.15) is 0 Å². The lowest BCUT2D eigenvalue weighted by Crippen LogP contribution is -3.19. The zero-order chi connectivity index (χ0) is 19.5. The normalized spacial score (nSPS) is 18.5. The fourth-order valence-corrected chi connectivity index (χ4v) is 4.36. The van der Waals surface area contributed by atoms with Crippen molar-refractivity contribution < 1.29 is 14.5 Å². The molecular weight excluding hydrogens is 350 g/mol. The van der Waals surface area contributed by atoms with Crippen LogP contribution < -0.4 is 9.80 Å². The Morgan fingerprint density at radius 1 is 0.929 bits per heavy atom. The Morgan fingerprint density at radius 2 is 1.61 bits per heavy atom. The van der Waals surface area contributed by atoms with Gasteiger partial charge in [-0.2, -0.15) is 0 Å². The molecule has 5 heteroatoms. The molecule has 28 heavy (non-hydrogen) atoms. The number of quaternary nitrogens is 1. The van der Waals surface area contributed by atoms with E-state index in [1.807, 2.05) is 59.2 Å². The van der Waals surface area contributed by atoms with Crippen molar-refractivity contribution in [3.8, 4) is 0 Å². The highest BCUT2D eigenvalue weighted by atomic mass is 16.2. The monoisotopic (exact) mass is 378 g/mol. The quantitative estimate of drug-likeness (QED) is 0.878. The molecule has 2 aliphatic rings. The van der Waals surface area contributed by atoms with Gasteiger partial charge in [-0.1, -0.05) is 36.4 Å². The molecule has 0 aliphatic carbocycles. The van der Waals surface area contributed by atoms with Crippen LogP contribution in [-0.2, 0) is 11.2 Å². The van der Waals surface area contributed by atoms with E-state index in [2.05, 4.69) is 12.1 Å². The lowest BCUT2D eigenvalue weighted by Gasteiger charge is -2.37. The molecule has 1 fully saturated rings. The van der Waals surface area contributed by atoms with E-state index in [-0.39, 0.29) is 17.9 Å². The van der Waals surface area contributed by atoms with Crippen molar-refractivity contribution in [3.05, 3.63) is 65.7 Å². The van der Waals surface area contributed by atoms with Gasteiger partial charge in [0.05, 0.1) is 26.2 Å². The van der Waals surface area contributed by atoms with Gasteiger partial charge < -0.3 is 14.7 Å². The topological polar surface area (TPSA) is 45.1 Å². The largest absolute Gasteiger partial charge is 0.327 e. The van der Waals surface area contributed by atoms with Crippen LogP contribution in [0, 0.1) is 0 Å². The number of nitrogens with one attached hydrogen (secondary N) is 1. The summed E-state index contributed by atoms with van der Waals surface area (Å²) in [6.45, 7) is 5.83. The average molecular weight is 378 g/mol. The minimum Gasteiger partial charge on any atom is -0.327 e. The average Bonchev–Trinajstić information content (AvgIpc) is 2.78. The minimum absolute atomic E-state index is 0.0867. The van der Waals surface area contributed by atoms with Crippen LogP contribution in [-0.4, -0.2) is 55.5 Å². The van der Waals surface area contributed by atoms with Crippen LogP contribution in [0.3, 0.4) is 0 Å². The van der Waals surface area contributed by atoms with Crippen LogP contribution in [0.5, 0.6) is 0 Å². The van der Waals surface area contributed by atoms with Gasteiger partial charge in [0.25, 0.3) is 11.8 Å². The number of fused-ring (bicyclic) bond motifs is 1. The van der Waals surface area contributed by atoms with E-state index in [4.69, 9.17) is 0 Å². The Morgan fingerprint density at radius 3 is 2.36 bits per heavy atom. The number of carbonyl (C=O) groups excluding carboxylic acids is 2. The van der Waals surface area contributed by atoms with Crippen LogP contribution >= 0.6 is 0 Å². The molecule has 2 heterocycles. The third-order valence-corrected chi connectivity index (χ3v) is 6.07. The lowest BCUT2D eigenvalue weighted by molar-refractivity contribution is -0.917. The highest BCUT2D eigenvalue weighted by Crippen LogP contribution is 2.26. The summed E-state index contributed by atoms with van der Waals surface area (Å²) in [5.74, 6) is 0.286. The Labute approximate surface area is 166 Å². The molecule has 1 N–H and O–H groups in total. The van der Waals surface area contributed by atoms with Crippen LogP contribution in [0.1, 0.15) is 29.3 Å². The fourth-order valence-electron chi connectivity index (χ4n) is 4.36. The van der Waals surface area contributed by atoms with E-state index < -0.39 is 0 Å². The van der Waals surface area contributed by atoms with E-state index in [0.29, 0.717) is 13.1 Å². The van der Waals surface area contributed by atoms with Gasteiger partial charge in [-0.3, -0.25) is 9.59 Å². The summed E-state index contributed by atoms with van der Waals surface area (Å²) in [4.78, 5) is 31.0. The maximum absolute atomic E-state index is 13.2. The molecule has 1 saturated heterocycles. The predicted octanol–water partition coefficient (Wildman–Crippen LogP) is 1.40. The van der Waals surface area contributed by atoms with E-state index in [9.17, 15) is 9.59 Å². The van der Waals surface area contributed by atoms with Crippen molar-refractivity contribution in [2.75, 3.05) is 37.6 Å². The molecule has 0 unspecified atom stereocenters. The van der Waals surface area contributed by atoms with Crippen molar-refractivity contribution in [2.24, 2.45) is 0 Å². The molecule has 0 radical (unpaired) electrons. The minimum atomic E-state index is -0.0971. The number of benzene rings is 2. The first-order valence-corrected chi connectivity index (χ1v) is 10.2. The van der Waals surface area contributed by atoms with Crippen molar-refractivity contribution in [3.63, 3.8) is 0 Å². The van der Waals surface area contributed by atoms with Crippen molar-refractivity contribution in [2.45, 2.75) is 25.8 Å². The maximum atomic E-state index is 13.2. The number of carbonyl (C=O) groups is 2. The maximum Gasteiger partial charge on any atom is 0.284 e. The Kier molecular flexibility index (Phi) is 5.44. The van der Waals surface area contributed by atoms with Gasteiger partial charge >= 0.3 is 0 Å². The van der Waals surface area contributed by atoms with Crippen molar-refractivity contribution in [1.82, 2.24) is 4.90 Å². The molecule has 0 spiro atoms. The third kappa shape index (κ3) is 3.67. The number of hydrogen-bond acceptors (Lipinski definition) is 2. The number of anilines is 1. The van der Waals surface area contributed by atoms with E-state index in [1.54, 1.807) is 0 Å². The molecule has 0 bridgehead atoms. The molecule has 2 aliphatic heterocycles. The second kappa shape index (κ2) is 8.15. The number of amides is 2. The molecule has 2 amide bonds. The lowest BCUT2D eigenvalue weighted by atomic mass is 10.0. The third-order valence-electron chi connectivity index (χ3n) is 6.07. The molecule has 2 aromatic rings. The standard InChI is InChI=1S/C23H27N3O2/c1-18(22(27)26-13-7-11-19-8-5-6-12-21(19)26)24-14-16-25(17-15-24)23(28)20-9-3-2-4-10-20/h2-6,8-10,12,18H,7,11,13-17H2,1H3/p+1/t18-/m0/s1. The summed E-state index contributed by atoms with van der Waals surface area (Å²) < 4.78 is 0. The molecule has 4 rings (SSSR count). The SMILES string of the molecule is C[C@@H](C(=O)N1CCCc2ccccc21)[NH+]1CCN(C(=O)c2ccccc2)CC1. The molecule has 2 aromatic carbocycles. The van der Waals surface area contributed by atoms with Crippen molar-refractivity contribution in [1.29, 1.82) is 0 Å². The summed E-state index contributed by atoms with van der Waals surface area (Å²) in [6, 6.07) is 17.6. The number of rotatable bonds is 3. The first-order valence-electron chi connectivity index (χ1n) is 10.2. The highest BCUT2D eigenvalue weighted by molar-refractivity contribution is 5.97. The molecule has 5 nitrogen and oxygen atoms in total. The number of piperazine rings is 1. The summed E-state index contributed by atoms with van der Waals surface area (Å²) >= 11 is 0. The van der Waals surface area contributed by atoms with E-state index in [1.165, 1.54) is 10.5 Å². The van der Waals surface area contributed by atoms with Crippen LogP contribution in [0.4, 0.5) is 5.69 Å². The van der Waals surface area contributed by atoms with Gasteiger partial charge in [-0.05, 0) is 43.5 Å². The first-order chi connectivity index (χ1) is 13.6. The summed E-state index contributed by atoms with van der Waals surface area (Å²) in [5, 5.41) is 0. The zero-order valence-corrected chi connectivity index (χ0v) is 16.4. The smallest absolute Gasteiger partial charge is 0.284 e. The van der Waals surface area contributed by atoms with Crippen LogP contribution in [0.15, 0.2) is 54.6 Å². The van der Waals surface area contributed by atoms with Gasteiger partial charge in [0.2, 0.25) is 0 Å². The number of hydrogen-bond donors (Lipinski definition) is 1. The van der Waals surface area contributed by atoms with Gasteiger partial charge in [-0.15, -0.1) is 0 Å². The highest BCUT2D eigenvalue weighted by Gasteiger charge is 2.35. The first kappa shape index (κ1) is 18.7. The molecule has 146 valence electrons.